The molecule has 0 aliphatic heterocycles. The van der Waals surface area contributed by atoms with Crippen LogP contribution in [0.25, 0.3) is 0 Å². The fraction of sp³-hybridized carbons (Fsp3) is 0.444. The normalized spacial score (nSPS) is 16.2. The quantitative estimate of drug-likeness (QED) is 0.776. The predicted molar refractivity (Wildman–Crippen MR) is 50.3 cm³/mol. The van der Waals surface area contributed by atoms with E-state index in [-0.39, 0.29) is 0 Å². The molecule has 0 radical (unpaired) electrons. The van der Waals surface area contributed by atoms with Gasteiger partial charge in [-0.2, -0.15) is 0 Å². The van der Waals surface area contributed by atoms with Gasteiger partial charge in [0.25, 0.3) is 0 Å². The summed E-state index contributed by atoms with van der Waals surface area (Å²) in [5.41, 5.74) is 1.14. The van der Waals surface area contributed by atoms with Crippen molar-refractivity contribution in [2.45, 2.75) is 25.9 Å². The molecular formula is C9H10BrNO. The van der Waals surface area contributed by atoms with Gasteiger partial charge in [0.1, 0.15) is 6.10 Å². The summed E-state index contributed by atoms with van der Waals surface area (Å²) in [4.78, 5) is 4.17. The summed E-state index contributed by atoms with van der Waals surface area (Å²) in [5.74, 6) is 0.731. The highest BCUT2D eigenvalue weighted by molar-refractivity contribution is 9.10. The minimum absolute atomic E-state index is 0.423. The van der Waals surface area contributed by atoms with E-state index in [0.29, 0.717) is 6.10 Å². The molecule has 1 aliphatic carbocycles. The van der Waals surface area contributed by atoms with Crippen LogP contribution >= 0.6 is 15.9 Å². The standard InChI is InChI=1S/C9H10BrNO/c1-6-5-11-9(4-8(6)10)12-7-2-3-7/h4-5,7H,2-3H2,1H3. The van der Waals surface area contributed by atoms with Crippen molar-refractivity contribution in [1.29, 1.82) is 0 Å². The molecule has 0 unspecified atom stereocenters. The molecule has 3 heteroatoms. The van der Waals surface area contributed by atoms with Crippen LogP contribution in [0.15, 0.2) is 16.7 Å². The van der Waals surface area contributed by atoms with E-state index < -0.39 is 0 Å². The van der Waals surface area contributed by atoms with Gasteiger partial charge in [-0.1, -0.05) is 15.9 Å². The molecule has 1 fully saturated rings. The highest BCUT2D eigenvalue weighted by Crippen LogP contribution is 2.27. The maximum atomic E-state index is 5.52. The Morgan fingerprint density at radius 1 is 1.58 bits per heavy atom. The van der Waals surface area contributed by atoms with Crippen LogP contribution in [0.3, 0.4) is 0 Å². The molecule has 12 heavy (non-hydrogen) atoms. The molecule has 64 valence electrons. The predicted octanol–water partition coefficient (Wildman–Crippen LogP) is 2.69. The largest absolute Gasteiger partial charge is 0.474 e. The third kappa shape index (κ3) is 1.78. The molecular weight excluding hydrogens is 218 g/mol. The molecule has 0 saturated heterocycles. The average Bonchev–Trinajstić information content (AvgIpc) is 2.81. The summed E-state index contributed by atoms with van der Waals surface area (Å²) in [7, 11) is 0. The van der Waals surface area contributed by atoms with Gasteiger partial charge in [-0.05, 0) is 25.3 Å². The van der Waals surface area contributed by atoms with Gasteiger partial charge in [0, 0.05) is 16.7 Å². The van der Waals surface area contributed by atoms with Crippen molar-refractivity contribution < 1.29 is 4.74 Å². The maximum absolute atomic E-state index is 5.52. The summed E-state index contributed by atoms with van der Waals surface area (Å²) in [6, 6.07) is 1.92. The summed E-state index contributed by atoms with van der Waals surface area (Å²) >= 11 is 3.44. The molecule has 2 nitrogen and oxygen atoms in total. The molecule has 1 aromatic rings. The lowest BCUT2D eigenvalue weighted by Crippen LogP contribution is -1.98. The van der Waals surface area contributed by atoms with Gasteiger partial charge in [-0.15, -0.1) is 0 Å². The van der Waals surface area contributed by atoms with Crippen molar-refractivity contribution in [1.82, 2.24) is 4.98 Å². The van der Waals surface area contributed by atoms with Gasteiger partial charge in [0.15, 0.2) is 0 Å². The fourth-order valence-corrected chi connectivity index (χ4v) is 1.20. The van der Waals surface area contributed by atoms with Crippen LogP contribution in [0, 0.1) is 6.92 Å². The van der Waals surface area contributed by atoms with Crippen LogP contribution in [0.2, 0.25) is 0 Å². The van der Waals surface area contributed by atoms with E-state index >= 15 is 0 Å². The number of pyridine rings is 1. The second kappa shape index (κ2) is 3.05. The van der Waals surface area contributed by atoms with Crippen LogP contribution in [0.4, 0.5) is 0 Å². The Morgan fingerprint density at radius 2 is 2.33 bits per heavy atom. The number of hydrogen-bond donors (Lipinski definition) is 0. The zero-order valence-electron chi connectivity index (χ0n) is 6.88. The Bertz CT molecular complexity index is 297. The van der Waals surface area contributed by atoms with E-state index in [1.807, 2.05) is 19.2 Å². The molecule has 0 aromatic carbocycles. The molecule has 0 bridgehead atoms. The first kappa shape index (κ1) is 8.05. The van der Waals surface area contributed by atoms with Gasteiger partial charge in [0.2, 0.25) is 5.88 Å². The number of ether oxygens (including phenoxy) is 1. The molecule has 1 saturated carbocycles. The first-order valence-corrected chi connectivity index (χ1v) is 4.84. The van der Waals surface area contributed by atoms with Crippen molar-refractivity contribution in [2.75, 3.05) is 0 Å². The van der Waals surface area contributed by atoms with Crippen LogP contribution < -0.4 is 4.74 Å². The van der Waals surface area contributed by atoms with Crippen LogP contribution in [0.5, 0.6) is 5.88 Å². The van der Waals surface area contributed by atoms with Crippen molar-refractivity contribution in [3.05, 3.63) is 22.3 Å². The molecule has 0 spiro atoms. The number of nitrogens with zero attached hydrogens (tertiary/aromatic N) is 1. The molecule has 0 amide bonds. The zero-order chi connectivity index (χ0) is 8.55. The van der Waals surface area contributed by atoms with Crippen molar-refractivity contribution in [2.24, 2.45) is 0 Å². The van der Waals surface area contributed by atoms with Gasteiger partial charge in [-0.3, -0.25) is 0 Å². The van der Waals surface area contributed by atoms with E-state index in [1.165, 1.54) is 12.8 Å². The number of aromatic nitrogens is 1. The zero-order valence-corrected chi connectivity index (χ0v) is 8.47. The number of halogens is 1. The van der Waals surface area contributed by atoms with Crippen molar-refractivity contribution in [3.8, 4) is 5.88 Å². The topological polar surface area (TPSA) is 22.1 Å². The monoisotopic (exact) mass is 227 g/mol. The number of rotatable bonds is 2. The second-order valence-electron chi connectivity index (χ2n) is 3.09. The first-order valence-electron chi connectivity index (χ1n) is 4.04. The highest BCUT2D eigenvalue weighted by atomic mass is 79.9. The Hall–Kier alpha value is -0.570. The molecule has 1 aliphatic rings. The number of aryl methyl sites for hydroxylation is 1. The molecule has 0 atom stereocenters. The van der Waals surface area contributed by atoms with Crippen molar-refractivity contribution >= 4 is 15.9 Å². The summed E-state index contributed by atoms with van der Waals surface area (Å²) in [6.07, 6.45) is 4.59. The Balaban J connectivity index is 2.15. The van der Waals surface area contributed by atoms with Crippen LogP contribution in [0.1, 0.15) is 18.4 Å². The Labute approximate surface area is 80.1 Å². The second-order valence-corrected chi connectivity index (χ2v) is 3.94. The molecule has 1 heterocycles. The lowest BCUT2D eigenvalue weighted by molar-refractivity contribution is 0.291. The van der Waals surface area contributed by atoms with E-state index in [1.54, 1.807) is 0 Å². The van der Waals surface area contributed by atoms with Gasteiger partial charge >= 0.3 is 0 Å². The maximum Gasteiger partial charge on any atom is 0.214 e. The average molecular weight is 228 g/mol. The molecule has 0 N–H and O–H groups in total. The van der Waals surface area contributed by atoms with E-state index in [9.17, 15) is 0 Å². The van der Waals surface area contributed by atoms with E-state index in [0.717, 1.165) is 15.9 Å². The third-order valence-corrected chi connectivity index (χ3v) is 2.68. The molecule has 1 aromatic heterocycles. The summed E-state index contributed by atoms with van der Waals surface area (Å²) < 4.78 is 6.58. The van der Waals surface area contributed by atoms with Gasteiger partial charge < -0.3 is 4.74 Å². The minimum atomic E-state index is 0.423. The summed E-state index contributed by atoms with van der Waals surface area (Å²) in [6.45, 7) is 2.01. The number of hydrogen-bond acceptors (Lipinski definition) is 2. The lowest BCUT2D eigenvalue weighted by atomic mass is 10.3. The minimum Gasteiger partial charge on any atom is -0.474 e. The van der Waals surface area contributed by atoms with E-state index in [4.69, 9.17) is 4.74 Å². The Morgan fingerprint density at radius 3 is 2.92 bits per heavy atom. The highest BCUT2D eigenvalue weighted by Gasteiger charge is 2.23. The van der Waals surface area contributed by atoms with E-state index in [2.05, 4.69) is 20.9 Å². The SMILES string of the molecule is Cc1cnc(OC2CC2)cc1Br. The van der Waals surface area contributed by atoms with Gasteiger partial charge in [-0.25, -0.2) is 4.98 Å². The lowest BCUT2D eigenvalue weighted by Gasteiger charge is -2.03. The summed E-state index contributed by atoms with van der Waals surface area (Å²) in [5, 5.41) is 0. The Kier molecular flexibility index (Phi) is 2.05. The fourth-order valence-electron chi connectivity index (χ4n) is 0.903. The van der Waals surface area contributed by atoms with Crippen LogP contribution in [-0.2, 0) is 0 Å². The van der Waals surface area contributed by atoms with Crippen LogP contribution in [-0.4, -0.2) is 11.1 Å². The first-order chi connectivity index (χ1) is 5.75. The third-order valence-electron chi connectivity index (χ3n) is 1.82. The van der Waals surface area contributed by atoms with Crippen molar-refractivity contribution in [3.63, 3.8) is 0 Å². The van der Waals surface area contributed by atoms with Gasteiger partial charge in [0.05, 0.1) is 0 Å². The smallest absolute Gasteiger partial charge is 0.214 e. The molecule has 2 rings (SSSR count).